The number of aromatic nitrogens is 1. The van der Waals surface area contributed by atoms with E-state index in [-0.39, 0.29) is 5.75 Å². The zero-order chi connectivity index (χ0) is 27.1. The third-order valence-corrected chi connectivity index (χ3v) is 10.6. The van der Waals surface area contributed by atoms with Gasteiger partial charge in [0.15, 0.2) is 6.54 Å². The normalized spacial score (nSPS) is 17.1. The number of hydrogen-bond donors (Lipinski definition) is 1. The third kappa shape index (κ3) is 5.16. The molecule has 0 amide bonds. The summed E-state index contributed by atoms with van der Waals surface area (Å²) >= 11 is 3.59. The Labute approximate surface area is 237 Å². The van der Waals surface area contributed by atoms with Gasteiger partial charge in [0.25, 0.3) is 15.1 Å². The molecule has 0 bridgehead atoms. The second kappa shape index (κ2) is 10.5. The number of hydrogen-bond acceptors (Lipinski definition) is 4. The maximum atomic E-state index is 11.5. The molecule has 0 spiro atoms. The van der Waals surface area contributed by atoms with Crippen molar-refractivity contribution in [1.82, 2.24) is 0 Å². The molecule has 39 heavy (non-hydrogen) atoms. The lowest BCUT2D eigenvalue weighted by Crippen LogP contribution is -2.36. The molecule has 0 saturated heterocycles. The van der Waals surface area contributed by atoms with Crippen LogP contribution in [0.5, 0.6) is 0 Å². The Morgan fingerprint density at radius 1 is 0.974 bits per heavy atom. The predicted molar refractivity (Wildman–Crippen MR) is 165 cm³/mol. The second-order valence-corrected chi connectivity index (χ2v) is 13.8. The molecule has 0 radical (unpaired) electrons. The summed E-state index contributed by atoms with van der Waals surface area (Å²) < 4.78 is 35.7. The van der Waals surface area contributed by atoms with Gasteiger partial charge >= 0.3 is 0 Å². The van der Waals surface area contributed by atoms with E-state index in [1.807, 2.05) is 23.9 Å². The summed E-state index contributed by atoms with van der Waals surface area (Å²) in [6.07, 6.45) is 5.83. The minimum absolute atomic E-state index is 0.254. The predicted octanol–water partition coefficient (Wildman–Crippen LogP) is 8.36. The van der Waals surface area contributed by atoms with Gasteiger partial charge in [-0.05, 0) is 62.9 Å². The molecule has 4 nitrogen and oxygen atoms in total. The fourth-order valence-electron chi connectivity index (χ4n) is 5.52. The quantitative estimate of drug-likeness (QED) is 0.157. The molecule has 1 N–H and O–H groups in total. The van der Waals surface area contributed by atoms with Crippen molar-refractivity contribution in [2.24, 2.45) is 0 Å². The molecule has 6 rings (SSSR count). The number of rotatable bonds is 7. The average molecular weight is 573 g/mol. The summed E-state index contributed by atoms with van der Waals surface area (Å²) in [7, 11) is -4.02. The maximum Gasteiger partial charge on any atom is 0.265 e. The van der Waals surface area contributed by atoms with Crippen LogP contribution in [0.2, 0.25) is 0 Å². The number of aryl methyl sites for hydroxylation is 1. The molecular weight excluding hydrogens is 543 g/mol. The first kappa shape index (κ1) is 26.3. The van der Waals surface area contributed by atoms with Crippen LogP contribution in [0.1, 0.15) is 43.2 Å². The van der Waals surface area contributed by atoms with Gasteiger partial charge in [-0.1, -0.05) is 91.5 Å². The molecule has 4 aromatic carbocycles. The van der Waals surface area contributed by atoms with Crippen LogP contribution < -0.4 is 4.57 Å². The van der Waals surface area contributed by atoms with Crippen LogP contribution in [-0.2, 0) is 16.7 Å². The highest BCUT2D eigenvalue weighted by molar-refractivity contribution is 8.03. The Kier molecular flexibility index (Phi) is 7.10. The van der Waals surface area contributed by atoms with E-state index in [0.29, 0.717) is 18.9 Å². The highest BCUT2D eigenvalue weighted by Crippen LogP contribution is 2.51. The van der Waals surface area contributed by atoms with Crippen molar-refractivity contribution in [2.75, 3.05) is 5.75 Å². The van der Waals surface area contributed by atoms with Crippen molar-refractivity contribution in [3.8, 4) is 0 Å². The Morgan fingerprint density at radius 2 is 1.67 bits per heavy atom. The number of allylic oxidation sites excluding steroid dienone is 3. The highest BCUT2D eigenvalue weighted by Gasteiger charge is 2.27. The first-order valence-electron chi connectivity index (χ1n) is 13.2. The number of thioether (sulfide) groups is 1. The van der Waals surface area contributed by atoms with E-state index in [4.69, 9.17) is 0 Å². The fraction of sp³-hybridized carbons (Fsp3) is 0.219. The van der Waals surface area contributed by atoms with E-state index < -0.39 is 10.1 Å². The van der Waals surface area contributed by atoms with E-state index in [0.717, 1.165) is 32.4 Å². The molecule has 0 aliphatic carbocycles. The van der Waals surface area contributed by atoms with Gasteiger partial charge in [-0.3, -0.25) is 4.55 Å². The smallest absolute Gasteiger partial charge is 0.265 e. The molecule has 2 heterocycles. The highest BCUT2D eigenvalue weighted by atomic mass is 32.2. The Balaban J connectivity index is 1.43. The lowest BCUT2D eigenvalue weighted by Gasteiger charge is -2.09. The lowest BCUT2D eigenvalue weighted by molar-refractivity contribution is -0.667. The fourth-order valence-corrected chi connectivity index (χ4v) is 8.49. The SMILES string of the molecule is CCC(=C/c1sc2ccc3ccccc3c2[n+]1CCCS(=O)(=O)O)/C=C1/Sc2ccc3ccccc3c2C1C. The zero-order valence-electron chi connectivity index (χ0n) is 21.9. The van der Waals surface area contributed by atoms with Crippen molar-refractivity contribution in [2.45, 2.75) is 44.0 Å². The van der Waals surface area contributed by atoms with Crippen LogP contribution in [0.25, 0.3) is 37.8 Å². The zero-order valence-corrected chi connectivity index (χ0v) is 24.4. The van der Waals surface area contributed by atoms with E-state index >= 15 is 0 Å². The summed E-state index contributed by atoms with van der Waals surface area (Å²) in [4.78, 5) is 2.68. The monoisotopic (exact) mass is 572 g/mol. The molecule has 7 heteroatoms. The first-order valence-corrected chi connectivity index (χ1v) is 16.5. The molecule has 1 aliphatic heterocycles. The van der Waals surface area contributed by atoms with Crippen LogP contribution in [0.3, 0.4) is 0 Å². The number of thiazole rings is 1. The van der Waals surface area contributed by atoms with Crippen molar-refractivity contribution >= 4 is 71.1 Å². The maximum absolute atomic E-state index is 11.5. The van der Waals surface area contributed by atoms with Gasteiger partial charge in [0.2, 0.25) is 5.52 Å². The minimum Gasteiger partial charge on any atom is -0.286 e. The third-order valence-electron chi connectivity index (χ3n) is 7.46. The van der Waals surface area contributed by atoms with Gasteiger partial charge in [0, 0.05) is 23.3 Å². The summed E-state index contributed by atoms with van der Waals surface area (Å²) in [5.74, 6) is 0.0651. The summed E-state index contributed by atoms with van der Waals surface area (Å²) in [6.45, 7) is 4.99. The standard InChI is InChI=1S/C32H29NO3S3/c1-3-22(19-29-21(2)31-25-11-6-4-9-23(25)13-15-27(31)37-29)20-30-33(17-8-18-39(34,35)36)32-26-12-7-5-10-24(26)14-16-28(32)38-30/h4-7,9-16,19-21H,3,8,17-18H2,1-2H3/p+1/b22-20-,29-19+. The van der Waals surface area contributed by atoms with E-state index in [1.54, 1.807) is 11.3 Å². The van der Waals surface area contributed by atoms with Crippen LogP contribution in [0, 0.1) is 0 Å². The molecule has 0 fully saturated rings. The summed E-state index contributed by atoms with van der Waals surface area (Å²) in [6, 6.07) is 25.7. The van der Waals surface area contributed by atoms with Crippen LogP contribution in [0.4, 0.5) is 0 Å². The van der Waals surface area contributed by atoms with Gasteiger partial charge in [0.1, 0.15) is 4.70 Å². The van der Waals surface area contributed by atoms with Gasteiger partial charge in [-0.25, -0.2) is 0 Å². The Bertz CT molecular complexity index is 1900. The van der Waals surface area contributed by atoms with Crippen molar-refractivity contribution in [1.29, 1.82) is 0 Å². The van der Waals surface area contributed by atoms with Crippen molar-refractivity contribution < 1.29 is 17.5 Å². The van der Waals surface area contributed by atoms with E-state index in [2.05, 4.69) is 91.2 Å². The average Bonchev–Trinajstić information content (AvgIpc) is 3.44. The topological polar surface area (TPSA) is 58.2 Å². The Morgan fingerprint density at radius 3 is 2.41 bits per heavy atom. The molecule has 1 atom stereocenters. The number of benzene rings is 4. The second-order valence-electron chi connectivity index (χ2n) is 10.0. The van der Waals surface area contributed by atoms with Crippen molar-refractivity contribution in [3.63, 3.8) is 0 Å². The molecule has 1 unspecified atom stereocenters. The van der Waals surface area contributed by atoms with Gasteiger partial charge in [-0.2, -0.15) is 13.0 Å². The number of nitrogens with zero attached hydrogens (tertiary/aromatic N) is 1. The minimum atomic E-state index is -4.02. The van der Waals surface area contributed by atoms with E-state index in [9.17, 15) is 13.0 Å². The Hall–Kier alpha value is -2.97. The lowest BCUT2D eigenvalue weighted by atomic mass is 9.94. The van der Waals surface area contributed by atoms with Gasteiger partial charge < -0.3 is 0 Å². The number of fused-ring (bicyclic) bond motifs is 6. The molecule has 198 valence electrons. The van der Waals surface area contributed by atoms with Gasteiger partial charge in [-0.15, -0.1) is 0 Å². The summed E-state index contributed by atoms with van der Waals surface area (Å²) in [5.41, 5.74) is 3.76. The molecule has 1 aromatic heterocycles. The van der Waals surface area contributed by atoms with Gasteiger partial charge in [0.05, 0.1) is 11.1 Å². The first-order chi connectivity index (χ1) is 18.8. The molecule has 0 saturated carbocycles. The largest absolute Gasteiger partial charge is 0.286 e. The molecular formula is C32H30NO3S3+. The van der Waals surface area contributed by atoms with Crippen molar-refractivity contribution in [3.05, 3.63) is 99.9 Å². The van der Waals surface area contributed by atoms with E-state index in [1.165, 1.54) is 31.7 Å². The molecule has 5 aromatic rings. The van der Waals surface area contributed by atoms with Crippen LogP contribution in [-0.4, -0.2) is 18.7 Å². The summed E-state index contributed by atoms with van der Waals surface area (Å²) in [5, 5.41) is 5.99. The van der Waals surface area contributed by atoms with Crippen LogP contribution >= 0.6 is 23.1 Å². The molecule has 1 aliphatic rings. The van der Waals surface area contributed by atoms with Crippen LogP contribution in [0.15, 0.2) is 94.2 Å².